The molecule has 0 saturated carbocycles. The lowest BCUT2D eigenvalue weighted by Gasteiger charge is -2.09. The normalized spacial score (nSPS) is 10.8. The number of non-ortho nitro benzene ring substituents is 1. The molecule has 7 nitrogen and oxygen atoms in total. The van der Waals surface area contributed by atoms with Crippen LogP contribution in [0.25, 0.3) is 0 Å². The van der Waals surface area contributed by atoms with Gasteiger partial charge in [0.15, 0.2) is 11.0 Å². The number of nitrogens with zero attached hydrogens (tertiary/aromatic N) is 4. The van der Waals surface area contributed by atoms with E-state index in [2.05, 4.69) is 29.3 Å². The summed E-state index contributed by atoms with van der Waals surface area (Å²) in [5.41, 5.74) is 2.36. The highest BCUT2D eigenvalue weighted by Gasteiger charge is 2.13. The summed E-state index contributed by atoms with van der Waals surface area (Å²) < 4.78 is 7.87. The Labute approximate surface area is 167 Å². The van der Waals surface area contributed by atoms with Crippen molar-refractivity contribution in [3.8, 4) is 5.75 Å². The Morgan fingerprint density at radius 2 is 1.71 bits per heavy atom. The van der Waals surface area contributed by atoms with E-state index in [9.17, 15) is 10.1 Å². The molecule has 28 heavy (non-hydrogen) atoms. The van der Waals surface area contributed by atoms with Gasteiger partial charge in [-0.15, -0.1) is 10.2 Å². The molecule has 0 N–H and O–H groups in total. The number of hydrogen-bond acceptors (Lipinski definition) is 6. The zero-order chi connectivity index (χ0) is 19.9. The van der Waals surface area contributed by atoms with Gasteiger partial charge in [-0.3, -0.25) is 10.1 Å². The third kappa shape index (κ3) is 4.89. The lowest BCUT2D eigenvalue weighted by Crippen LogP contribution is -2.07. The third-order valence-corrected chi connectivity index (χ3v) is 5.36. The average Bonchev–Trinajstić information content (AvgIpc) is 3.13. The maximum Gasteiger partial charge on any atom is 0.269 e. The first kappa shape index (κ1) is 19.9. The van der Waals surface area contributed by atoms with Crippen LogP contribution in [0.5, 0.6) is 5.75 Å². The molecule has 1 heterocycles. The smallest absolute Gasteiger partial charge is 0.269 e. The predicted octanol–water partition coefficient (Wildman–Crippen LogP) is 4.64. The number of aromatic nitrogens is 3. The van der Waals surface area contributed by atoms with Crippen LogP contribution in [-0.2, 0) is 25.3 Å². The van der Waals surface area contributed by atoms with E-state index in [0.29, 0.717) is 12.4 Å². The van der Waals surface area contributed by atoms with E-state index < -0.39 is 4.92 Å². The van der Waals surface area contributed by atoms with Crippen LogP contribution in [0.1, 0.15) is 30.8 Å². The summed E-state index contributed by atoms with van der Waals surface area (Å²) in [5, 5.41) is 20.1. The zero-order valence-corrected chi connectivity index (χ0v) is 16.7. The van der Waals surface area contributed by atoms with Crippen molar-refractivity contribution in [3.05, 3.63) is 75.6 Å². The molecule has 0 aliphatic rings. The first-order valence-corrected chi connectivity index (χ1v) is 10.1. The van der Waals surface area contributed by atoms with Gasteiger partial charge in [-0.05, 0) is 36.6 Å². The molecule has 0 unspecified atom stereocenters. The number of aryl methyl sites for hydroxylation is 1. The SMILES string of the molecule is CCc1ccc(OCc2nnc(SCc3ccc([N+](=O)[O-])cc3)n2CC)cc1. The molecule has 0 atom stereocenters. The first-order valence-electron chi connectivity index (χ1n) is 9.10. The molecule has 0 fully saturated rings. The summed E-state index contributed by atoms with van der Waals surface area (Å²) in [5.74, 6) is 2.24. The van der Waals surface area contributed by atoms with Crippen molar-refractivity contribution in [3.63, 3.8) is 0 Å². The van der Waals surface area contributed by atoms with Crippen LogP contribution in [0.4, 0.5) is 5.69 Å². The molecule has 0 amide bonds. The van der Waals surface area contributed by atoms with E-state index in [1.54, 1.807) is 23.9 Å². The molecule has 146 valence electrons. The van der Waals surface area contributed by atoms with E-state index in [4.69, 9.17) is 4.74 Å². The third-order valence-electron chi connectivity index (χ3n) is 4.32. The fraction of sp³-hybridized carbons (Fsp3) is 0.300. The molecule has 3 aromatic rings. The van der Waals surface area contributed by atoms with Crippen molar-refractivity contribution in [1.29, 1.82) is 0 Å². The lowest BCUT2D eigenvalue weighted by molar-refractivity contribution is -0.384. The van der Waals surface area contributed by atoms with Gasteiger partial charge >= 0.3 is 0 Å². The quantitative estimate of drug-likeness (QED) is 0.297. The molecule has 0 aliphatic carbocycles. The van der Waals surface area contributed by atoms with Gasteiger partial charge in [0.05, 0.1) is 4.92 Å². The Morgan fingerprint density at radius 3 is 2.32 bits per heavy atom. The van der Waals surface area contributed by atoms with Crippen molar-refractivity contribution in [2.24, 2.45) is 0 Å². The fourth-order valence-corrected chi connectivity index (χ4v) is 3.66. The van der Waals surface area contributed by atoms with Gasteiger partial charge in [0.25, 0.3) is 5.69 Å². The number of hydrogen-bond donors (Lipinski definition) is 0. The van der Waals surface area contributed by atoms with E-state index in [-0.39, 0.29) is 5.69 Å². The Bertz CT molecular complexity index is 924. The largest absolute Gasteiger partial charge is 0.486 e. The number of rotatable bonds is 9. The van der Waals surface area contributed by atoms with Gasteiger partial charge in [0.1, 0.15) is 12.4 Å². The molecule has 0 spiro atoms. The molecule has 3 rings (SSSR count). The minimum absolute atomic E-state index is 0.0943. The van der Waals surface area contributed by atoms with Gasteiger partial charge in [-0.2, -0.15) is 0 Å². The maximum absolute atomic E-state index is 10.7. The van der Waals surface area contributed by atoms with Gasteiger partial charge < -0.3 is 9.30 Å². The predicted molar refractivity (Wildman–Crippen MR) is 109 cm³/mol. The van der Waals surface area contributed by atoms with Gasteiger partial charge in [-0.25, -0.2) is 0 Å². The van der Waals surface area contributed by atoms with Crippen LogP contribution in [0, 0.1) is 10.1 Å². The summed E-state index contributed by atoms with van der Waals surface area (Å²) in [6.45, 7) is 5.25. The van der Waals surface area contributed by atoms with Crippen molar-refractivity contribution in [2.75, 3.05) is 0 Å². The van der Waals surface area contributed by atoms with Crippen LogP contribution in [-0.4, -0.2) is 19.7 Å². The second kappa shape index (κ2) is 9.36. The molecule has 1 aromatic heterocycles. The lowest BCUT2D eigenvalue weighted by atomic mass is 10.2. The van der Waals surface area contributed by atoms with Crippen molar-refractivity contribution in [2.45, 2.75) is 44.3 Å². The molecule has 2 aromatic carbocycles. The number of thioether (sulfide) groups is 1. The summed E-state index contributed by atoms with van der Waals surface area (Å²) in [6, 6.07) is 14.6. The van der Waals surface area contributed by atoms with Crippen molar-refractivity contribution in [1.82, 2.24) is 14.8 Å². The Morgan fingerprint density at radius 1 is 1.04 bits per heavy atom. The summed E-state index contributed by atoms with van der Waals surface area (Å²) in [7, 11) is 0. The van der Waals surface area contributed by atoms with Gasteiger partial charge in [0.2, 0.25) is 0 Å². The highest BCUT2D eigenvalue weighted by molar-refractivity contribution is 7.98. The van der Waals surface area contributed by atoms with Crippen molar-refractivity contribution < 1.29 is 9.66 Å². The van der Waals surface area contributed by atoms with E-state index in [1.807, 2.05) is 23.6 Å². The number of nitro benzene ring substituents is 1. The monoisotopic (exact) mass is 398 g/mol. The molecule has 0 saturated heterocycles. The highest BCUT2D eigenvalue weighted by Crippen LogP contribution is 2.24. The number of benzene rings is 2. The van der Waals surface area contributed by atoms with Gasteiger partial charge in [0, 0.05) is 24.4 Å². The number of ether oxygens (including phenoxy) is 1. The highest BCUT2D eigenvalue weighted by atomic mass is 32.2. The minimum Gasteiger partial charge on any atom is -0.486 e. The van der Waals surface area contributed by atoms with E-state index in [1.165, 1.54) is 17.7 Å². The van der Waals surface area contributed by atoms with Crippen LogP contribution in [0.3, 0.4) is 0 Å². The Balaban J connectivity index is 1.61. The van der Waals surface area contributed by atoms with Crippen molar-refractivity contribution >= 4 is 17.4 Å². The summed E-state index contributed by atoms with van der Waals surface area (Å²) >= 11 is 1.55. The van der Waals surface area contributed by atoms with Crippen LogP contribution >= 0.6 is 11.8 Å². The second-order valence-electron chi connectivity index (χ2n) is 6.14. The first-order chi connectivity index (χ1) is 13.6. The van der Waals surface area contributed by atoms with Crippen LogP contribution < -0.4 is 4.74 Å². The number of nitro groups is 1. The minimum atomic E-state index is -0.396. The van der Waals surface area contributed by atoms with Crippen LogP contribution in [0.2, 0.25) is 0 Å². The van der Waals surface area contributed by atoms with E-state index in [0.717, 1.165) is 35.3 Å². The molecule has 0 aliphatic heterocycles. The van der Waals surface area contributed by atoms with Crippen LogP contribution in [0.15, 0.2) is 53.7 Å². The maximum atomic E-state index is 10.7. The zero-order valence-electron chi connectivity index (χ0n) is 15.9. The summed E-state index contributed by atoms with van der Waals surface area (Å²) in [4.78, 5) is 10.3. The molecule has 8 heteroatoms. The molecular weight excluding hydrogens is 376 g/mol. The van der Waals surface area contributed by atoms with E-state index >= 15 is 0 Å². The average molecular weight is 398 g/mol. The molecule has 0 radical (unpaired) electrons. The Hall–Kier alpha value is -2.87. The summed E-state index contributed by atoms with van der Waals surface area (Å²) in [6.07, 6.45) is 1.000. The Kier molecular flexibility index (Phi) is 6.65. The van der Waals surface area contributed by atoms with Gasteiger partial charge in [-0.1, -0.05) is 43.0 Å². The standard InChI is InChI=1S/C20H22N4O3S/c1-3-15-7-11-18(12-8-15)27-13-19-21-22-20(23(19)4-2)28-14-16-5-9-17(10-6-16)24(25)26/h5-12H,3-4,13-14H2,1-2H3. The topological polar surface area (TPSA) is 83.1 Å². The molecular formula is C20H22N4O3S. The second-order valence-corrected chi connectivity index (χ2v) is 7.08. The fourth-order valence-electron chi connectivity index (χ4n) is 2.68. The molecule has 0 bridgehead atoms.